The van der Waals surface area contributed by atoms with Crippen LogP contribution in [0.5, 0.6) is 0 Å². The van der Waals surface area contributed by atoms with Crippen LogP contribution in [0.1, 0.15) is 44.9 Å². The van der Waals surface area contributed by atoms with Gasteiger partial charge in [0.2, 0.25) is 5.16 Å². The standard InChI is InChI=1S/C21H27N7OS/c22-18(29)16-2-1-3-17-23-21(11-28(16)17,12-30-19-24-26-27-25-19)10-20-7-13-4-14(8-20)6-15(5-13)9-20/h1-3,13-15H,4-12H2,(H2,22,29)(H,24,25,26,27). The smallest absolute Gasteiger partial charge is 0.265 e. The number of amidine groups is 1. The lowest BCUT2D eigenvalue weighted by molar-refractivity contribution is -0.115. The van der Waals surface area contributed by atoms with Gasteiger partial charge in [-0.2, -0.15) is 0 Å². The van der Waals surface area contributed by atoms with E-state index in [4.69, 9.17) is 10.7 Å². The van der Waals surface area contributed by atoms with Crippen molar-refractivity contribution in [3.8, 4) is 0 Å². The Balaban J connectivity index is 1.32. The zero-order valence-corrected chi connectivity index (χ0v) is 17.8. The Morgan fingerprint density at radius 3 is 2.60 bits per heavy atom. The molecule has 0 saturated heterocycles. The number of thioether (sulfide) groups is 1. The Morgan fingerprint density at radius 2 is 1.97 bits per heavy atom. The number of allylic oxidation sites excluding steroid dienone is 2. The van der Waals surface area contributed by atoms with Gasteiger partial charge in [0.15, 0.2) is 0 Å². The largest absolute Gasteiger partial charge is 0.364 e. The van der Waals surface area contributed by atoms with Gasteiger partial charge in [-0.15, -0.1) is 5.10 Å². The number of nitrogens with two attached hydrogens (primary N) is 1. The number of amides is 1. The molecule has 7 rings (SSSR count). The predicted octanol–water partition coefficient (Wildman–Crippen LogP) is 2.29. The van der Waals surface area contributed by atoms with E-state index in [0.717, 1.165) is 35.8 Å². The van der Waals surface area contributed by atoms with Crippen molar-refractivity contribution in [3.05, 3.63) is 23.9 Å². The van der Waals surface area contributed by atoms with E-state index in [1.165, 1.54) is 38.5 Å². The van der Waals surface area contributed by atoms with Crippen LogP contribution in [0.15, 0.2) is 34.1 Å². The molecule has 158 valence electrons. The Bertz CT molecular complexity index is 917. The van der Waals surface area contributed by atoms with Crippen LogP contribution in [-0.4, -0.2) is 55.1 Å². The lowest BCUT2D eigenvalue weighted by Crippen LogP contribution is -2.51. The van der Waals surface area contributed by atoms with Gasteiger partial charge >= 0.3 is 0 Å². The normalized spacial score (nSPS) is 38.5. The first-order valence-electron chi connectivity index (χ1n) is 10.9. The molecule has 4 saturated carbocycles. The summed E-state index contributed by atoms with van der Waals surface area (Å²) in [5.74, 6) is 3.94. The van der Waals surface area contributed by atoms with Gasteiger partial charge in [0.05, 0.1) is 12.1 Å². The zero-order valence-electron chi connectivity index (χ0n) is 17.0. The third kappa shape index (κ3) is 3.09. The summed E-state index contributed by atoms with van der Waals surface area (Å²) in [6, 6.07) is 0. The molecule has 9 heteroatoms. The molecule has 1 amide bonds. The molecule has 0 radical (unpaired) electrons. The van der Waals surface area contributed by atoms with E-state index in [0.29, 0.717) is 22.8 Å². The molecule has 1 aromatic heterocycles. The van der Waals surface area contributed by atoms with E-state index in [-0.39, 0.29) is 5.54 Å². The summed E-state index contributed by atoms with van der Waals surface area (Å²) in [5.41, 5.74) is 6.32. The number of H-pyrrole nitrogens is 1. The van der Waals surface area contributed by atoms with Gasteiger partial charge in [-0.25, -0.2) is 5.10 Å². The molecule has 4 fully saturated rings. The zero-order chi connectivity index (χ0) is 20.3. The van der Waals surface area contributed by atoms with E-state index in [1.54, 1.807) is 17.8 Å². The number of rotatable bonds is 6. The molecule has 30 heavy (non-hydrogen) atoms. The Labute approximate surface area is 179 Å². The first-order chi connectivity index (χ1) is 14.5. The highest BCUT2D eigenvalue weighted by Crippen LogP contribution is 2.63. The minimum Gasteiger partial charge on any atom is -0.364 e. The molecule has 1 unspecified atom stereocenters. The maximum Gasteiger partial charge on any atom is 0.265 e. The second-order valence-electron chi connectivity index (χ2n) is 10.1. The van der Waals surface area contributed by atoms with Crippen molar-refractivity contribution in [3.63, 3.8) is 0 Å². The van der Waals surface area contributed by atoms with Crippen molar-refractivity contribution in [2.45, 2.75) is 55.6 Å². The highest BCUT2D eigenvalue weighted by atomic mass is 32.2. The molecule has 3 N–H and O–H groups in total. The number of nitrogens with one attached hydrogen (secondary N) is 1. The number of nitrogens with zero attached hydrogens (tertiary/aromatic N) is 5. The lowest BCUT2D eigenvalue weighted by Gasteiger charge is -2.58. The van der Waals surface area contributed by atoms with E-state index < -0.39 is 5.91 Å². The second-order valence-corrected chi connectivity index (χ2v) is 11.1. The fraction of sp³-hybridized carbons (Fsp3) is 0.667. The number of fused-ring (bicyclic) bond motifs is 1. The summed E-state index contributed by atoms with van der Waals surface area (Å²) in [7, 11) is 0. The van der Waals surface area contributed by atoms with Crippen molar-refractivity contribution in [2.75, 3.05) is 12.3 Å². The van der Waals surface area contributed by atoms with Gasteiger partial charge in [0.25, 0.3) is 5.91 Å². The SMILES string of the molecule is NC(=O)C1=CC=CC2=NC(CSc3nnn[nH]3)(CC34CC5CC(CC(C5)C3)C4)CN12. The van der Waals surface area contributed by atoms with Crippen LogP contribution in [0.4, 0.5) is 0 Å². The summed E-state index contributed by atoms with van der Waals surface area (Å²) in [4.78, 5) is 19.3. The molecule has 1 atom stereocenters. The molecule has 2 aliphatic heterocycles. The molecule has 1 aromatic rings. The maximum absolute atomic E-state index is 12.0. The fourth-order valence-corrected chi connectivity index (χ4v) is 8.29. The summed E-state index contributed by atoms with van der Waals surface area (Å²) in [5, 5.41) is 15.0. The average molecular weight is 426 g/mol. The van der Waals surface area contributed by atoms with Crippen LogP contribution in [0.3, 0.4) is 0 Å². The van der Waals surface area contributed by atoms with E-state index >= 15 is 0 Å². The third-order valence-electron chi connectivity index (χ3n) is 7.80. The van der Waals surface area contributed by atoms with Gasteiger partial charge in [-0.3, -0.25) is 9.79 Å². The molecule has 4 aliphatic carbocycles. The van der Waals surface area contributed by atoms with Gasteiger partial charge < -0.3 is 10.6 Å². The first kappa shape index (κ1) is 18.6. The Hall–Kier alpha value is -2.16. The van der Waals surface area contributed by atoms with Crippen LogP contribution in [0.25, 0.3) is 0 Å². The summed E-state index contributed by atoms with van der Waals surface area (Å²) in [6.45, 7) is 0.692. The number of aliphatic imine (C=N–C) groups is 1. The predicted molar refractivity (Wildman–Crippen MR) is 113 cm³/mol. The lowest BCUT2D eigenvalue weighted by atomic mass is 9.47. The fourth-order valence-electron chi connectivity index (χ4n) is 7.42. The summed E-state index contributed by atoms with van der Waals surface area (Å²) < 4.78 is 0. The van der Waals surface area contributed by atoms with E-state index in [1.807, 2.05) is 17.1 Å². The molecule has 4 bridgehead atoms. The quantitative estimate of drug-likeness (QED) is 0.676. The van der Waals surface area contributed by atoms with Crippen molar-refractivity contribution in [1.82, 2.24) is 25.5 Å². The topological polar surface area (TPSA) is 113 Å². The number of tetrazole rings is 1. The highest BCUT2D eigenvalue weighted by molar-refractivity contribution is 7.99. The number of hydrogen-bond acceptors (Lipinski definition) is 7. The Kier molecular flexibility index (Phi) is 4.13. The van der Waals surface area contributed by atoms with Crippen LogP contribution >= 0.6 is 11.8 Å². The van der Waals surface area contributed by atoms with E-state index in [2.05, 4.69) is 20.6 Å². The molecule has 0 spiro atoms. The molecule has 0 aromatic carbocycles. The average Bonchev–Trinajstić information content (AvgIpc) is 3.32. The Morgan fingerprint density at radius 1 is 1.23 bits per heavy atom. The van der Waals surface area contributed by atoms with Crippen LogP contribution in [0.2, 0.25) is 0 Å². The molecule has 8 nitrogen and oxygen atoms in total. The summed E-state index contributed by atoms with van der Waals surface area (Å²) >= 11 is 1.62. The van der Waals surface area contributed by atoms with Crippen LogP contribution < -0.4 is 5.73 Å². The number of primary amides is 1. The molecule has 3 heterocycles. The highest BCUT2D eigenvalue weighted by Gasteiger charge is 2.55. The number of aromatic amines is 1. The van der Waals surface area contributed by atoms with Crippen LogP contribution in [0, 0.1) is 23.2 Å². The monoisotopic (exact) mass is 425 g/mol. The maximum atomic E-state index is 12.0. The van der Waals surface area contributed by atoms with E-state index in [9.17, 15) is 4.79 Å². The number of hydrogen-bond donors (Lipinski definition) is 2. The van der Waals surface area contributed by atoms with Crippen molar-refractivity contribution in [2.24, 2.45) is 33.9 Å². The first-order valence-corrected chi connectivity index (χ1v) is 11.9. The van der Waals surface area contributed by atoms with Crippen LogP contribution in [-0.2, 0) is 4.79 Å². The van der Waals surface area contributed by atoms with Gasteiger partial charge in [-0.05, 0) is 90.7 Å². The second kappa shape index (κ2) is 6.67. The molecule has 6 aliphatic rings. The number of aromatic nitrogens is 4. The number of carbonyl (C=O) groups is 1. The number of carbonyl (C=O) groups excluding carboxylic acids is 1. The molecular weight excluding hydrogens is 398 g/mol. The van der Waals surface area contributed by atoms with Gasteiger partial charge in [-0.1, -0.05) is 17.8 Å². The minimum absolute atomic E-state index is 0.276. The minimum atomic E-state index is -0.398. The van der Waals surface area contributed by atoms with Crippen molar-refractivity contribution < 1.29 is 4.79 Å². The van der Waals surface area contributed by atoms with Gasteiger partial charge in [0, 0.05) is 5.75 Å². The summed E-state index contributed by atoms with van der Waals surface area (Å²) in [6.07, 6.45) is 15.1. The third-order valence-corrected chi connectivity index (χ3v) is 8.92. The van der Waals surface area contributed by atoms with Crippen molar-refractivity contribution in [1.29, 1.82) is 0 Å². The van der Waals surface area contributed by atoms with Gasteiger partial charge in [0.1, 0.15) is 11.5 Å². The molecular formula is C21H27N7OS. The van der Waals surface area contributed by atoms with Crippen molar-refractivity contribution >= 4 is 23.5 Å².